The second-order valence-electron chi connectivity index (χ2n) is 6.44. The second-order valence-corrected chi connectivity index (χ2v) is 7.33. The summed E-state index contributed by atoms with van der Waals surface area (Å²) in [5.74, 6) is -0.511. The predicted molar refractivity (Wildman–Crippen MR) is 107 cm³/mol. The summed E-state index contributed by atoms with van der Waals surface area (Å²) in [6.07, 6.45) is 2.32. The van der Waals surface area contributed by atoms with Gasteiger partial charge in [-0.25, -0.2) is 4.98 Å². The molecule has 7 heteroatoms. The lowest BCUT2D eigenvalue weighted by Crippen LogP contribution is -2.28. The van der Waals surface area contributed by atoms with Crippen molar-refractivity contribution in [1.82, 2.24) is 9.88 Å². The number of aromatic nitrogens is 1. The molecule has 140 valence electrons. The van der Waals surface area contributed by atoms with Gasteiger partial charge in [-0.2, -0.15) is 0 Å². The lowest BCUT2D eigenvalue weighted by Gasteiger charge is -2.14. The molecule has 6 nitrogen and oxygen atoms in total. The van der Waals surface area contributed by atoms with Crippen LogP contribution < -0.4 is 5.32 Å². The smallest absolute Gasteiger partial charge is 0.255 e. The average molecular weight is 391 g/mol. The number of anilines is 1. The molecule has 0 saturated carbocycles. The van der Waals surface area contributed by atoms with Crippen LogP contribution in [0.15, 0.2) is 60.1 Å². The minimum atomic E-state index is -0.220. The van der Waals surface area contributed by atoms with E-state index in [1.807, 2.05) is 29.6 Å². The third kappa shape index (κ3) is 3.84. The van der Waals surface area contributed by atoms with Crippen LogP contribution in [0.4, 0.5) is 5.69 Å². The van der Waals surface area contributed by atoms with Crippen LogP contribution in [0.5, 0.6) is 0 Å². The second kappa shape index (κ2) is 7.74. The van der Waals surface area contributed by atoms with E-state index in [0.717, 1.165) is 16.1 Å². The first kappa shape index (κ1) is 18.1. The number of carbonyl (C=O) groups excluding carboxylic acids is 3. The largest absolute Gasteiger partial charge is 0.322 e. The number of amides is 3. The van der Waals surface area contributed by atoms with E-state index in [1.165, 1.54) is 4.90 Å². The van der Waals surface area contributed by atoms with E-state index in [1.54, 1.807) is 41.8 Å². The molecule has 4 rings (SSSR count). The first-order valence-electron chi connectivity index (χ1n) is 8.83. The van der Waals surface area contributed by atoms with Crippen LogP contribution in [0.25, 0.3) is 10.6 Å². The number of thiazole rings is 1. The van der Waals surface area contributed by atoms with Crippen molar-refractivity contribution >= 4 is 34.7 Å². The molecular weight excluding hydrogens is 374 g/mol. The molecule has 1 saturated heterocycles. The van der Waals surface area contributed by atoms with E-state index in [4.69, 9.17) is 0 Å². The van der Waals surface area contributed by atoms with Crippen molar-refractivity contribution in [3.05, 3.63) is 71.2 Å². The van der Waals surface area contributed by atoms with E-state index >= 15 is 0 Å². The summed E-state index contributed by atoms with van der Waals surface area (Å²) in [6.45, 7) is 0.248. The Morgan fingerprint density at radius 2 is 1.68 bits per heavy atom. The Kier molecular flexibility index (Phi) is 4.99. The van der Waals surface area contributed by atoms with E-state index < -0.39 is 0 Å². The Bertz CT molecular complexity index is 996. The Morgan fingerprint density at radius 1 is 1.00 bits per heavy atom. The molecule has 0 bridgehead atoms. The summed E-state index contributed by atoms with van der Waals surface area (Å²) < 4.78 is 0. The highest BCUT2D eigenvalue weighted by molar-refractivity contribution is 7.13. The van der Waals surface area contributed by atoms with Crippen LogP contribution in [0.2, 0.25) is 0 Å². The Balaban J connectivity index is 1.39. The highest BCUT2D eigenvalue weighted by atomic mass is 32.1. The number of benzene rings is 2. The third-order valence-corrected chi connectivity index (χ3v) is 5.36. The van der Waals surface area contributed by atoms with Crippen molar-refractivity contribution in [2.45, 2.75) is 19.4 Å². The number of imide groups is 1. The number of carbonyl (C=O) groups is 3. The quantitative estimate of drug-likeness (QED) is 0.673. The van der Waals surface area contributed by atoms with Gasteiger partial charge in [0.1, 0.15) is 5.01 Å². The number of rotatable bonds is 5. The molecule has 1 aliphatic heterocycles. The molecule has 1 aliphatic rings. The maximum atomic E-state index is 12.4. The predicted octanol–water partition coefficient (Wildman–Crippen LogP) is 3.71. The molecule has 28 heavy (non-hydrogen) atoms. The number of nitrogens with one attached hydrogen (secondary N) is 1. The SMILES string of the molecule is O=C(Nc1ccc(-c2nccs2)cc1)c1ccc(CN2C(=O)CCC2=O)cc1. The van der Waals surface area contributed by atoms with Crippen LogP contribution in [-0.2, 0) is 16.1 Å². The zero-order chi connectivity index (χ0) is 19.5. The molecule has 0 aliphatic carbocycles. The maximum Gasteiger partial charge on any atom is 0.255 e. The molecule has 1 N–H and O–H groups in total. The first-order chi connectivity index (χ1) is 13.6. The van der Waals surface area contributed by atoms with Gasteiger partial charge in [0.25, 0.3) is 5.91 Å². The molecule has 0 spiro atoms. The molecule has 0 unspecified atom stereocenters. The van der Waals surface area contributed by atoms with Crippen LogP contribution in [0, 0.1) is 0 Å². The van der Waals surface area contributed by atoms with Crippen LogP contribution in [0.3, 0.4) is 0 Å². The summed E-state index contributed by atoms with van der Waals surface area (Å²) in [5, 5.41) is 5.72. The number of hydrogen-bond donors (Lipinski definition) is 1. The normalized spacial score (nSPS) is 13.8. The summed E-state index contributed by atoms with van der Waals surface area (Å²) >= 11 is 1.56. The van der Waals surface area contributed by atoms with E-state index in [0.29, 0.717) is 11.3 Å². The average Bonchev–Trinajstić information content (AvgIpc) is 3.35. The summed E-state index contributed by atoms with van der Waals surface area (Å²) in [4.78, 5) is 41.4. The number of nitrogens with zero attached hydrogens (tertiary/aromatic N) is 2. The van der Waals surface area contributed by atoms with Gasteiger partial charge in [-0.1, -0.05) is 12.1 Å². The van der Waals surface area contributed by atoms with E-state index in [-0.39, 0.29) is 37.1 Å². The minimum absolute atomic E-state index is 0.145. The lowest BCUT2D eigenvalue weighted by molar-refractivity contribution is -0.139. The van der Waals surface area contributed by atoms with Crippen molar-refractivity contribution in [2.24, 2.45) is 0 Å². The minimum Gasteiger partial charge on any atom is -0.322 e. The summed E-state index contributed by atoms with van der Waals surface area (Å²) in [6, 6.07) is 14.4. The zero-order valence-electron chi connectivity index (χ0n) is 14.9. The first-order valence-corrected chi connectivity index (χ1v) is 9.71. The molecule has 3 amide bonds. The monoisotopic (exact) mass is 391 g/mol. The summed E-state index contributed by atoms with van der Waals surface area (Å²) in [7, 11) is 0. The van der Waals surface area contributed by atoms with Crippen LogP contribution >= 0.6 is 11.3 Å². The van der Waals surface area contributed by atoms with Crippen LogP contribution in [-0.4, -0.2) is 27.6 Å². The maximum absolute atomic E-state index is 12.4. The van der Waals surface area contributed by atoms with E-state index in [9.17, 15) is 14.4 Å². The molecular formula is C21H17N3O3S. The Hall–Kier alpha value is -3.32. The fourth-order valence-corrected chi connectivity index (χ4v) is 3.65. The highest BCUT2D eigenvalue weighted by Crippen LogP contribution is 2.23. The standard InChI is InChI=1S/C21H17N3O3S/c25-18-9-10-19(26)24(18)13-14-1-3-15(4-2-14)20(27)23-17-7-5-16(6-8-17)21-22-11-12-28-21/h1-8,11-12H,9-10,13H2,(H,23,27). The number of hydrogen-bond acceptors (Lipinski definition) is 5. The van der Waals surface area contributed by atoms with Crippen molar-refractivity contribution in [1.29, 1.82) is 0 Å². The summed E-state index contributed by atoms with van der Waals surface area (Å²) in [5.41, 5.74) is 3.02. The lowest BCUT2D eigenvalue weighted by atomic mass is 10.1. The van der Waals surface area contributed by atoms with Gasteiger partial charge in [-0.3, -0.25) is 19.3 Å². The van der Waals surface area contributed by atoms with Crippen molar-refractivity contribution < 1.29 is 14.4 Å². The van der Waals surface area contributed by atoms with Gasteiger partial charge in [0.2, 0.25) is 11.8 Å². The Labute approximate surface area is 165 Å². The van der Waals surface area contributed by atoms with Crippen molar-refractivity contribution in [2.75, 3.05) is 5.32 Å². The third-order valence-electron chi connectivity index (χ3n) is 4.53. The zero-order valence-corrected chi connectivity index (χ0v) is 15.7. The Morgan fingerprint density at radius 3 is 2.29 bits per heavy atom. The van der Waals surface area contributed by atoms with Crippen LogP contribution in [0.1, 0.15) is 28.8 Å². The fourth-order valence-electron chi connectivity index (χ4n) is 3.01. The van der Waals surface area contributed by atoms with Crippen molar-refractivity contribution in [3.63, 3.8) is 0 Å². The van der Waals surface area contributed by atoms with Gasteiger partial charge in [0.15, 0.2) is 0 Å². The topological polar surface area (TPSA) is 79.4 Å². The van der Waals surface area contributed by atoms with Crippen molar-refractivity contribution in [3.8, 4) is 10.6 Å². The van der Waals surface area contributed by atoms with Gasteiger partial charge >= 0.3 is 0 Å². The van der Waals surface area contributed by atoms with Gasteiger partial charge in [-0.15, -0.1) is 11.3 Å². The molecule has 0 radical (unpaired) electrons. The molecule has 0 atom stereocenters. The molecule has 1 aromatic heterocycles. The van der Waals surface area contributed by atoms with Gasteiger partial charge < -0.3 is 5.32 Å². The van der Waals surface area contributed by atoms with Gasteiger partial charge in [-0.05, 0) is 42.0 Å². The molecule has 3 aromatic rings. The molecule has 2 heterocycles. The van der Waals surface area contributed by atoms with Gasteiger partial charge in [0, 0.05) is 41.2 Å². The van der Waals surface area contributed by atoms with Gasteiger partial charge in [0.05, 0.1) is 6.54 Å². The molecule has 1 fully saturated rings. The molecule has 2 aromatic carbocycles. The number of likely N-dealkylation sites (tertiary alicyclic amines) is 1. The fraction of sp³-hybridized carbons (Fsp3) is 0.143. The highest BCUT2D eigenvalue weighted by Gasteiger charge is 2.28. The van der Waals surface area contributed by atoms with E-state index in [2.05, 4.69) is 10.3 Å².